The first-order valence-corrected chi connectivity index (χ1v) is 5.45. The molecule has 94 valence electrons. The van der Waals surface area contributed by atoms with Crippen LogP contribution in [0.25, 0.3) is 0 Å². The lowest BCUT2D eigenvalue weighted by Gasteiger charge is -2.06. The van der Waals surface area contributed by atoms with Gasteiger partial charge in [0.2, 0.25) is 5.82 Å². The molecule has 4 N–H and O–H groups in total. The van der Waals surface area contributed by atoms with Crippen LogP contribution in [0.3, 0.4) is 0 Å². The van der Waals surface area contributed by atoms with Crippen LogP contribution in [0.15, 0.2) is 11.1 Å². The molecule has 1 heterocycles. The van der Waals surface area contributed by atoms with E-state index in [4.69, 9.17) is 5.73 Å². The molecule has 0 amide bonds. The zero-order valence-electron chi connectivity index (χ0n) is 8.00. The first-order valence-electron chi connectivity index (χ1n) is 3.90. The molecule has 1 rings (SSSR count). The van der Waals surface area contributed by atoms with E-state index in [1.54, 1.807) is 0 Å². The van der Waals surface area contributed by atoms with Crippen LogP contribution in [-0.2, 0) is 10.0 Å². The second kappa shape index (κ2) is 4.18. The van der Waals surface area contributed by atoms with Crippen molar-refractivity contribution < 1.29 is 22.1 Å². The third kappa shape index (κ3) is 2.62. The van der Waals surface area contributed by atoms with E-state index in [1.807, 2.05) is 0 Å². The Balaban J connectivity index is 3.64. The second-order valence-corrected chi connectivity index (χ2v) is 4.39. The lowest BCUT2D eigenvalue weighted by Crippen LogP contribution is -2.16. The van der Waals surface area contributed by atoms with Gasteiger partial charge >= 0.3 is 5.69 Å². The average molecular weight is 268 g/mol. The predicted molar refractivity (Wildman–Crippen MR) is 51.6 cm³/mol. The van der Waals surface area contributed by atoms with E-state index in [2.05, 4.69) is 10.1 Å². The largest absolute Gasteiger partial charge is 0.378 e. The number of hydrogen-bond acceptors (Lipinski definition) is 6. The van der Waals surface area contributed by atoms with Crippen LogP contribution in [0.1, 0.15) is 12.0 Å². The number of halogens is 2. The van der Waals surface area contributed by atoms with Crippen LogP contribution in [0.5, 0.6) is 0 Å². The highest BCUT2D eigenvalue weighted by Gasteiger charge is 2.29. The summed E-state index contributed by atoms with van der Waals surface area (Å²) >= 11 is 0. The first kappa shape index (κ1) is 13.2. The lowest BCUT2D eigenvalue weighted by molar-refractivity contribution is -0.385. The van der Waals surface area contributed by atoms with Crippen molar-refractivity contribution in [2.75, 3.05) is 5.73 Å². The molecule has 1 aromatic rings. The van der Waals surface area contributed by atoms with Crippen molar-refractivity contribution >= 4 is 21.5 Å². The Labute approximate surface area is 93.4 Å². The SMILES string of the molecule is Nc1nc(S(N)(=O)=O)cc(C(F)F)c1[N+](=O)[O-]. The quantitative estimate of drug-likeness (QED) is 0.590. The number of nitro groups is 1. The van der Waals surface area contributed by atoms with Gasteiger partial charge in [0.25, 0.3) is 16.4 Å². The van der Waals surface area contributed by atoms with Gasteiger partial charge in [-0.1, -0.05) is 0 Å². The highest BCUT2D eigenvalue weighted by molar-refractivity contribution is 7.89. The van der Waals surface area contributed by atoms with E-state index in [9.17, 15) is 27.3 Å². The van der Waals surface area contributed by atoms with Crippen molar-refractivity contribution in [2.24, 2.45) is 5.14 Å². The maximum Gasteiger partial charge on any atom is 0.320 e. The Bertz CT molecular complexity index is 574. The number of nitrogens with zero attached hydrogens (tertiary/aromatic N) is 2. The summed E-state index contributed by atoms with van der Waals surface area (Å²) in [7, 11) is -4.37. The summed E-state index contributed by atoms with van der Waals surface area (Å²) in [5.41, 5.74) is 2.77. The van der Waals surface area contributed by atoms with Crippen LogP contribution >= 0.6 is 0 Å². The third-order valence-electron chi connectivity index (χ3n) is 1.73. The maximum absolute atomic E-state index is 12.5. The first-order chi connectivity index (χ1) is 7.64. The number of aromatic nitrogens is 1. The molecule has 0 aliphatic heterocycles. The monoisotopic (exact) mass is 268 g/mol. The lowest BCUT2D eigenvalue weighted by atomic mass is 10.2. The number of rotatable bonds is 3. The van der Waals surface area contributed by atoms with Gasteiger partial charge in [0.05, 0.1) is 4.92 Å². The fourth-order valence-electron chi connectivity index (χ4n) is 1.06. The van der Waals surface area contributed by atoms with Gasteiger partial charge in [0.1, 0.15) is 5.56 Å². The third-order valence-corrected chi connectivity index (χ3v) is 2.53. The number of alkyl halides is 2. The standard InChI is InChI=1S/C6H6F2N4O4S/c7-5(8)2-1-3(17(10,15)16)11-6(9)4(2)12(13)14/h1,5H,(H2,9,11)(H2,10,15,16). The van der Waals surface area contributed by atoms with Gasteiger partial charge in [-0.15, -0.1) is 0 Å². The molecule has 0 saturated heterocycles. The molecule has 8 nitrogen and oxygen atoms in total. The Kier molecular flexibility index (Phi) is 3.24. The highest BCUT2D eigenvalue weighted by Crippen LogP contribution is 2.33. The Hall–Kier alpha value is -1.88. The van der Waals surface area contributed by atoms with Crippen LogP contribution in [0.4, 0.5) is 20.3 Å². The van der Waals surface area contributed by atoms with Crippen molar-refractivity contribution in [3.05, 3.63) is 21.7 Å². The van der Waals surface area contributed by atoms with E-state index in [0.717, 1.165) is 0 Å². The van der Waals surface area contributed by atoms with Crippen LogP contribution in [-0.4, -0.2) is 18.3 Å². The van der Waals surface area contributed by atoms with Gasteiger partial charge in [-0.05, 0) is 6.07 Å². The molecule has 0 bridgehead atoms. The van der Waals surface area contributed by atoms with Crippen molar-refractivity contribution in [3.8, 4) is 0 Å². The summed E-state index contributed by atoms with van der Waals surface area (Å²) in [6.07, 6.45) is -3.28. The Morgan fingerprint density at radius 3 is 2.35 bits per heavy atom. The number of sulfonamides is 1. The summed E-state index contributed by atoms with van der Waals surface area (Å²) in [4.78, 5) is 12.4. The number of pyridine rings is 1. The predicted octanol–water partition coefficient (Wildman–Crippen LogP) is 0.157. The fraction of sp³-hybridized carbons (Fsp3) is 0.167. The molecular formula is C6H6F2N4O4S. The summed E-state index contributed by atoms with van der Waals surface area (Å²) < 4.78 is 46.8. The molecule has 0 saturated carbocycles. The van der Waals surface area contributed by atoms with Crippen molar-refractivity contribution in [3.63, 3.8) is 0 Å². The van der Waals surface area contributed by atoms with E-state index in [1.165, 1.54) is 0 Å². The molecule has 0 aliphatic rings. The number of nitrogen functional groups attached to an aromatic ring is 1. The number of primary sulfonamides is 1. The normalized spacial score (nSPS) is 11.8. The summed E-state index contributed by atoms with van der Waals surface area (Å²) in [6, 6.07) is 0.328. The molecule has 17 heavy (non-hydrogen) atoms. The molecule has 0 spiro atoms. The summed E-state index contributed by atoms with van der Waals surface area (Å²) in [5, 5.41) is 14.2. The van der Waals surface area contributed by atoms with E-state index >= 15 is 0 Å². The second-order valence-electron chi connectivity index (χ2n) is 2.89. The molecule has 0 unspecified atom stereocenters. The smallest absolute Gasteiger partial charge is 0.320 e. The van der Waals surface area contributed by atoms with Gasteiger partial charge in [-0.25, -0.2) is 27.3 Å². The minimum Gasteiger partial charge on any atom is -0.378 e. The van der Waals surface area contributed by atoms with Crippen LogP contribution < -0.4 is 10.9 Å². The topological polar surface area (TPSA) is 142 Å². The number of nitrogens with two attached hydrogens (primary N) is 2. The average Bonchev–Trinajstić information content (AvgIpc) is 2.13. The van der Waals surface area contributed by atoms with Gasteiger partial charge in [-0.2, -0.15) is 0 Å². The molecule has 0 radical (unpaired) electrons. The molecule has 0 aromatic carbocycles. The summed E-state index contributed by atoms with van der Waals surface area (Å²) in [5.74, 6) is -0.933. The molecular weight excluding hydrogens is 262 g/mol. The van der Waals surface area contributed by atoms with Gasteiger partial charge in [0, 0.05) is 0 Å². The fourth-order valence-corrected chi connectivity index (χ4v) is 1.58. The molecule has 11 heteroatoms. The van der Waals surface area contributed by atoms with Gasteiger partial charge in [0.15, 0.2) is 5.03 Å². The van der Waals surface area contributed by atoms with E-state index < -0.39 is 43.5 Å². The molecule has 1 aromatic heterocycles. The van der Waals surface area contributed by atoms with Crippen LogP contribution in [0.2, 0.25) is 0 Å². The Morgan fingerprint density at radius 1 is 1.47 bits per heavy atom. The minimum absolute atomic E-state index is 0.328. The Morgan fingerprint density at radius 2 is 2.00 bits per heavy atom. The van der Waals surface area contributed by atoms with Crippen molar-refractivity contribution in [2.45, 2.75) is 11.5 Å². The molecule has 0 atom stereocenters. The van der Waals surface area contributed by atoms with Gasteiger partial charge < -0.3 is 5.73 Å². The van der Waals surface area contributed by atoms with Crippen molar-refractivity contribution in [1.82, 2.24) is 4.98 Å². The van der Waals surface area contributed by atoms with E-state index in [-0.39, 0.29) is 0 Å². The molecule has 0 aliphatic carbocycles. The minimum atomic E-state index is -4.37. The highest BCUT2D eigenvalue weighted by atomic mass is 32.2. The molecule has 0 fully saturated rings. The maximum atomic E-state index is 12.5. The number of anilines is 1. The van der Waals surface area contributed by atoms with E-state index in [0.29, 0.717) is 6.07 Å². The zero-order valence-corrected chi connectivity index (χ0v) is 8.82. The summed E-state index contributed by atoms with van der Waals surface area (Å²) in [6.45, 7) is 0. The van der Waals surface area contributed by atoms with Crippen molar-refractivity contribution in [1.29, 1.82) is 0 Å². The van der Waals surface area contributed by atoms with Crippen LogP contribution in [0, 0.1) is 10.1 Å². The number of hydrogen-bond donors (Lipinski definition) is 2. The zero-order chi connectivity index (χ0) is 13.4. The van der Waals surface area contributed by atoms with Gasteiger partial charge in [-0.3, -0.25) is 10.1 Å².